The molecule has 3 heteroatoms. The van der Waals surface area contributed by atoms with Gasteiger partial charge in [0.15, 0.2) is 0 Å². The Bertz CT molecular complexity index is 354. The quantitative estimate of drug-likeness (QED) is 0.734. The van der Waals surface area contributed by atoms with Crippen molar-refractivity contribution in [1.82, 2.24) is 5.32 Å². The van der Waals surface area contributed by atoms with E-state index in [1.165, 1.54) is 6.07 Å². The summed E-state index contributed by atoms with van der Waals surface area (Å²) < 4.78 is 14.5. The maximum absolute atomic E-state index is 13.5. The van der Waals surface area contributed by atoms with Gasteiger partial charge in [0.25, 0.3) is 0 Å². The molecule has 0 aliphatic carbocycles. The second-order valence-corrected chi connectivity index (χ2v) is 5.60. The first-order valence-corrected chi connectivity index (χ1v) is 7.64. The topological polar surface area (TPSA) is 12.0 Å². The highest BCUT2D eigenvalue weighted by Crippen LogP contribution is 2.18. The first kappa shape index (κ1) is 15.6. The van der Waals surface area contributed by atoms with Crippen molar-refractivity contribution in [2.24, 2.45) is 0 Å². The van der Waals surface area contributed by atoms with Gasteiger partial charge in [-0.05, 0) is 62.4 Å². The minimum Gasteiger partial charge on any atom is -0.314 e. The van der Waals surface area contributed by atoms with E-state index in [1.807, 2.05) is 6.07 Å². The predicted octanol–water partition coefficient (Wildman–Crippen LogP) is 4.69. The maximum Gasteiger partial charge on any atom is 0.126 e. The number of aryl methyl sites for hydroxylation is 1. The van der Waals surface area contributed by atoms with E-state index < -0.39 is 0 Å². The Morgan fingerprint density at radius 3 is 2.78 bits per heavy atom. The first-order valence-electron chi connectivity index (χ1n) is 6.84. The maximum atomic E-state index is 13.5. The summed E-state index contributed by atoms with van der Waals surface area (Å²) in [7, 11) is 0. The van der Waals surface area contributed by atoms with Crippen molar-refractivity contribution >= 4 is 15.9 Å². The Morgan fingerprint density at radius 1 is 1.33 bits per heavy atom. The van der Waals surface area contributed by atoms with Gasteiger partial charge in [-0.1, -0.05) is 29.8 Å². The molecule has 18 heavy (non-hydrogen) atoms. The molecule has 1 unspecified atom stereocenters. The van der Waals surface area contributed by atoms with Crippen molar-refractivity contribution < 1.29 is 4.39 Å². The Hall–Kier alpha value is -0.410. The number of hydrogen-bond acceptors (Lipinski definition) is 1. The summed E-state index contributed by atoms with van der Waals surface area (Å²) in [6.07, 6.45) is 5.26. The minimum absolute atomic E-state index is 0.0900. The molecule has 0 aromatic heterocycles. The lowest BCUT2D eigenvalue weighted by Gasteiger charge is -2.16. The van der Waals surface area contributed by atoms with E-state index >= 15 is 0 Å². The molecule has 0 saturated carbocycles. The van der Waals surface area contributed by atoms with Crippen LogP contribution in [0.1, 0.15) is 45.1 Å². The monoisotopic (exact) mass is 315 g/mol. The largest absolute Gasteiger partial charge is 0.314 e. The second-order valence-electron chi connectivity index (χ2n) is 4.69. The van der Waals surface area contributed by atoms with Gasteiger partial charge in [-0.2, -0.15) is 0 Å². The molecule has 1 aromatic rings. The van der Waals surface area contributed by atoms with Crippen LogP contribution in [-0.4, -0.2) is 12.6 Å². The van der Waals surface area contributed by atoms with Crippen molar-refractivity contribution in [3.63, 3.8) is 0 Å². The highest BCUT2D eigenvalue weighted by atomic mass is 79.9. The third-order valence-electron chi connectivity index (χ3n) is 3.18. The Labute approximate surface area is 118 Å². The Morgan fingerprint density at radius 2 is 2.11 bits per heavy atom. The van der Waals surface area contributed by atoms with Gasteiger partial charge in [-0.15, -0.1) is 0 Å². The van der Waals surface area contributed by atoms with Gasteiger partial charge in [0.2, 0.25) is 0 Å². The number of nitrogens with one attached hydrogen (secondary N) is 1. The SMILES string of the molecule is CCCNC(CC)CCCc1cc(Br)ccc1F. The van der Waals surface area contributed by atoms with Crippen LogP contribution in [0.3, 0.4) is 0 Å². The summed E-state index contributed by atoms with van der Waals surface area (Å²) in [6.45, 7) is 5.45. The van der Waals surface area contributed by atoms with Crippen LogP contribution in [0.4, 0.5) is 4.39 Å². The molecule has 0 aliphatic heterocycles. The zero-order chi connectivity index (χ0) is 13.4. The molecule has 0 spiro atoms. The lowest BCUT2D eigenvalue weighted by molar-refractivity contribution is 0.453. The van der Waals surface area contributed by atoms with Crippen LogP contribution < -0.4 is 5.32 Å². The summed E-state index contributed by atoms with van der Waals surface area (Å²) in [5.41, 5.74) is 0.815. The van der Waals surface area contributed by atoms with E-state index in [0.717, 1.165) is 48.7 Å². The van der Waals surface area contributed by atoms with Crippen molar-refractivity contribution in [1.29, 1.82) is 0 Å². The first-order chi connectivity index (χ1) is 8.67. The van der Waals surface area contributed by atoms with Crippen LogP contribution in [-0.2, 0) is 6.42 Å². The lowest BCUT2D eigenvalue weighted by atomic mass is 10.0. The van der Waals surface area contributed by atoms with Gasteiger partial charge in [0.1, 0.15) is 5.82 Å². The van der Waals surface area contributed by atoms with Crippen LogP contribution in [0.15, 0.2) is 22.7 Å². The third kappa shape index (κ3) is 5.49. The molecule has 0 aliphatic rings. The fraction of sp³-hybridized carbons (Fsp3) is 0.600. The second kappa shape index (κ2) is 8.65. The van der Waals surface area contributed by atoms with Gasteiger partial charge < -0.3 is 5.32 Å². The molecule has 1 nitrogen and oxygen atoms in total. The molecule has 1 atom stereocenters. The lowest BCUT2D eigenvalue weighted by Crippen LogP contribution is -2.29. The molecule has 0 bridgehead atoms. The van der Waals surface area contributed by atoms with E-state index in [0.29, 0.717) is 6.04 Å². The molecule has 0 fully saturated rings. The number of halogens is 2. The number of hydrogen-bond donors (Lipinski definition) is 1. The highest BCUT2D eigenvalue weighted by Gasteiger charge is 2.07. The summed E-state index contributed by atoms with van der Waals surface area (Å²) in [5, 5.41) is 3.53. The van der Waals surface area contributed by atoms with E-state index in [2.05, 4.69) is 35.1 Å². The smallest absolute Gasteiger partial charge is 0.126 e. The Kier molecular flexibility index (Phi) is 7.52. The average Bonchev–Trinajstić information content (AvgIpc) is 2.37. The minimum atomic E-state index is -0.0900. The molecule has 1 rings (SSSR count). The summed E-state index contributed by atoms with van der Waals surface area (Å²) in [5.74, 6) is -0.0900. The fourth-order valence-corrected chi connectivity index (χ4v) is 2.48. The van der Waals surface area contributed by atoms with E-state index in [-0.39, 0.29) is 5.82 Å². The fourth-order valence-electron chi connectivity index (χ4n) is 2.07. The highest BCUT2D eigenvalue weighted by molar-refractivity contribution is 9.10. The van der Waals surface area contributed by atoms with Crippen molar-refractivity contribution in [3.05, 3.63) is 34.1 Å². The van der Waals surface area contributed by atoms with Crippen molar-refractivity contribution in [3.8, 4) is 0 Å². The molecular formula is C15H23BrFN. The van der Waals surface area contributed by atoms with Crippen LogP contribution in [0.25, 0.3) is 0 Å². The summed E-state index contributed by atoms with van der Waals surface area (Å²) in [6, 6.07) is 5.73. The van der Waals surface area contributed by atoms with E-state index in [4.69, 9.17) is 0 Å². The molecule has 1 N–H and O–H groups in total. The molecule has 0 amide bonds. The van der Waals surface area contributed by atoms with E-state index in [9.17, 15) is 4.39 Å². The molecule has 0 saturated heterocycles. The average molecular weight is 316 g/mol. The zero-order valence-corrected chi connectivity index (χ0v) is 12.9. The molecular weight excluding hydrogens is 293 g/mol. The van der Waals surface area contributed by atoms with Crippen LogP contribution >= 0.6 is 15.9 Å². The Balaban J connectivity index is 2.37. The van der Waals surface area contributed by atoms with Gasteiger partial charge in [0.05, 0.1) is 0 Å². The predicted molar refractivity (Wildman–Crippen MR) is 79.4 cm³/mol. The van der Waals surface area contributed by atoms with Gasteiger partial charge in [-0.3, -0.25) is 0 Å². The van der Waals surface area contributed by atoms with Gasteiger partial charge in [0, 0.05) is 10.5 Å². The standard InChI is InChI=1S/C15H23BrFN/c1-3-10-18-14(4-2)7-5-6-12-11-13(16)8-9-15(12)17/h8-9,11,14,18H,3-7,10H2,1-2H3. The summed E-state index contributed by atoms with van der Waals surface area (Å²) >= 11 is 3.39. The van der Waals surface area contributed by atoms with E-state index in [1.54, 1.807) is 6.07 Å². The van der Waals surface area contributed by atoms with Crippen LogP contribution in [0.5, 0.6) is 0 Å². The number of benzene rings is 1. The summed E-state index contributed by atoms with van der Waals surface area (Å²) in [4.78, 5) is 0. The van der Waals surface area contributed by atoms with Crippen LogP contribution in [0.2, 0.25) is 0 Å². The third-order valence-corrected chi connectivity index (χ3v) is 3.68. The zero-order valence-electron chi connectivity index (χ0n) is 11.3. The van der Waals surface area contributed by atoms with Gasteiger partial charge in [-0.25, -0.2) is 4.39 Å². The van der Waals surface area contributed by atoms with Crippen molar-refractivity contribution in [2.45, 2.75) is 52.0 Å². The van der Waals surface area contributed by atoms with Gasteiger partial charge >= 0.3 is 0 Å². The molecule has 0 radical (unpaired) electrons. The van der Waals surface area contributed by atoms with Crippen molar-refractivity contribution in [2.75, 3.05) is 6.54 Å². The number of rotatable bonds is 8. The van der Waals surface area contributed by atoms with Crippen LogP contribution in [0, 0.1) is 5.82 Å². The molecule has 102 valence electrons. The normalized spacial score (nSPS) is 12.7. The molecule has 1 aromatic carbocycles. The molecule has 0 heterocycles.